The number of benzene rings is 4. The summed E-state index contributed by atoms with van der Waals surface area (Å²) in [4.78, 5) is 20.0. The lowest BCUT2D eigenvalue weighted by Gasteiger charge is -2.09. The van der Waals surface area contributed by atoms with E-state index in [0.717, 1.165) is 37.9 Å². The van der Waals surface area contributed by atoms with Crippen molar-refractivity contribution in [1.29, 1.82) is 0 Å². The second-order valence-electron chi connectivity index (χ2n) is 7.92. The molecule has 33 heavy (non-hydrogen) atoms. The minimum absolute atomic E-state index is 0.194. The predicted octanol–water partition coefficient (Wildman–Crippen LogP) is 6.70. The number of rotatable bonds is 4. The topological polar surface area (TPSA) is 41.5 Å². The summed E-state index contributed by atoms with van der Waals surface area (Å²) in [6, 6.07) is 28.3. The van der Waals surface area contributed by atoms with Crippen LogP contribution in [0.25, 0.3) is 0 Å². The van der Waals surface area contributed by atoms with Crippen molar-refractivity contribution in [1.82, 2.24) is 5.32 Å². The molecule has 1 heterocycles. The van der Waals surface area contributed by atoms with Crippen molar-refractivity contribution in [3.05, 3.63) is 125 Å². The summed E-state index contributed by atoms with van der Waals surface area (Å²) in [7, 11) is 0. The van der Waals surface area contributed by atoms with E-state index in [-0.39, 0.29) is 11.7 Å². The van der Waals surface area contributed by atoms with Gasteiger partial charge in [0.1, 0.15) is 5.82 Å². The molecular formula is C28H21FN2OS. The Bertz CT molecular complexity index is 1360. The number of aryl methyl sites for hydroxylation is 1. The number of hydrogen-bond donors (Lipinski definition) is 1. The standard InChI is InChI=1S/C28H21FN2OS/c1-18-6-10-20(11-7-18)27-23-4-2-3-5-25(23)33-26-15-12-21(16-24(26)31-27)28(32)30-17-19-8-13-22(29)14-9-19/h2-16H,17H2,1H3,(H,30,32). The molecule has 5 rings (SSSR count). The van der Waals surface area contributed by atoms with Gasteiger partial charge < -0.3 is 5.32 Å². The third-order valence-corrected chi connectivity index (χ3v) is 6.65. The monoisotopic (exact) mass is 452 g/mol. The number of nitrogens with one attached hydrogen (secondary N) is 1. The van der Waals surface area contributed by atoms with Crippen LogP contribution in [0.1, 0.15) is 32.6 Å². The van der Waals surface area contributed by atoms with Gasteiger partial charge in [0.05, 0.1) is 11.4 Å². The molecule has 0 unspecified atom stereocenters. The minimum Gasteiger partial charge on any atom is -0.348 e. The van der Waals surface area contributed by atoms with E-state index in [1.54, 1.807) is 23.9 Å². The number of halogens is 1. The molecular weight excluding hydrogens is 431 g/mol. The zero-order valence-electron chi connectivity index (χ0n) is 18.0. The minimum atomic E-state index is -0.295. The van der Waals surface area contributed by atoms with Crippen LogP contribution in [0, 0.1) is 12.7 Å². The molecule has 1 aliphatic rings. The maximum atomic E-state index is 13.1. The third kappa shape index (κ3) is 4.59. The molecule has 0 fully saturated rings. The molecule has 0 saturated carbocycles. The largest absolute Gasteiger partial charge is 0.348 e. The third-order valence-electron chi connectivity index (χ3n) is 5.51. The molecule has 4 aromatic rings. The normalized spacial score (nSPS) is 12.2. The molecule has 0 radical (unpaired) electrons. The summed E-state index contributed by atoms with van der Waals surface area (Å²) in [5.41, 5.74) is 6.33. The highest BCUT2D eigenvalue weighted by Crippen LogP contribution is 2.41. The van der Waals surface area contributed by atoms with Crippen LogP contribution < -0.4 is 5.32 Å². The zero-order valence-corrected chi connectivity index (χ0v) is 18.8. The van der Waals surface area contributed by atoms with Crippen LogP contribution in [0.2, 0.25) is 0 Å². The van der Waals surface area contributed by atoms with E-state index in [2.05, 4.69) is 48.6 Å². The lowest BCUT2D eigenvalue weighted by atomic mass is 10.0. The smallest absolute Gasteiger partial charge is 0.251 e. The van der Waals surface area contributed by atoms with Crippen molar-refractivity contribution < 1.29 is 9.18 Å². The first-order chi connectivity index (χ1) is 16.1. The van der Waals surface area contributed by atoms with Crippen molar-refractivity contribution in [2.45, 2.75) is 23.3 Å². The Morgan fingerprint density at radius 2 is 1.67 bits per heavy atom. The van der Waals surface area contributed by atoms with Crippen molar-refractivity contribution >= 4 is 29.1 Å². The summed E-state index contributed by atoms with van der Waals surface area (Å²) in [5, 5.41) is 2.91. The summed E-state index contributed by atoms with van der Waals surface area (Å²) < 4.78 is 13.1. The molecule has 0 saturated heterocycles. The van der Waals surface area contributed by atoms with Crippen molar-refractivity contribution in [3.63, 3.8) is 0 Å². The van der Waals surface area contributed by atoms with Crippen molar-refractivity contribution in [2.24, 2.45) is 4.99 Å². The first kappa shape index (κ1) is 21.2. The van der Waals surface area contributed by atoms with Crippen LogP contribution in [-0.4, -0.2) is 11.6 Å². The summed E-state index contributed by atoms with van der Waals surface area (Å²) in [5.74, 6) is -0.488. The SMILES string of the molecule is Cc1ccc(C2=Nc3cc(C(=O)NCc4ccc(F)cc4)ccc3Sc3ccccc32)cc1. The van der Waals surface area contributed by atoms with Gasteiger partial charge in [-0.2, -0.15) is 0 Å². The van der Waals surface area contributed by atoms with Gasteiger partial charge in [-0.05, 0) is 48.9 Å². The Balaban J connectivity index is 1.49. The number of fused-ring (bicyclic) bond motifs is 2. The Kier molecular flexibility index (Phi) is 5.80. The summed E-state index contributed by atoms with van der Waals surface area (Å²) >= 11 is 1.66. The van der Waals surface area contributed by atoms with Gasteiger partial charge in [0.25, 0.3) is 5.91 Å². The van der Waals surface area contributed by atoms with Gasteiger partial charge >= 0.3 is 0 Å². The maximum absolute atomic E-state index is 13.1. The molecule has 0 aromatic heterocycles. The number of aliphatic imine (C=N–C) groups is 1. The predicted molar refractivity (Wildman–Crippen MR) is 131 cm³/mol. The number of carbonyl (C=O) groups excluding carboxylic acids is 1. The Labute approximate surface area is 196 Å². The van der Waals surface area contributed by atoms with Crippen molar-refractivity contribution in [2.75, 3.05) is 0 Å². The molecule has 1 aliphatic heterocycles. The highest BCUT2D eigenvalue weighted by molar-refractivity contribution is 7.99. The average molecular weight is 453 g/mol. The second-order valence-corrected chi connectivity index (χ2v) is 9.00. The highest BCUT2D eigenvalue weighted by Gasteiger charge is 2.20. The molecule has 0 atom stereocenters. The van der Waals surface area contributed by atoms with E-state index in [9.17, 15) is 9.18 Å². The van der Waals surface area contributed by atoms with Gasteiger partial charge in [0.2, 0.25) is 0 Å². The van der Waals surface area contributed by atoms with Gasteiger partial charge in [-0.25, -0.2) is 9.38 Å². The molecule has 3 nitrogen and oxygen atoms in total. The molecule has 0 spiro atoms. The lowest BCUT2D eigenvalue weighted by molar-refractivity contribution is 0.0951. The lowest BCUT2D eigenvalue weighted by Crippen LogP contribution is -2.22. The Hall–Kier alpha value is -3.70. The maximum Gasteiger partial charge on any atom is 0.251 e. The Morgan fingerprint density at radius 3 is 2.45 bits per heavy atom. The second kappa shape index (κ2) is 9.04. The van der Waals surface area contributed by atoms with Crippen LogP contribution in [0.15, 0.2) is 106 Å². The summed E-state index contributed by atoms with van der Waals surface area (Å²) in [6.07, 6.45) is 0. The van der Waals surface area contributed by atoms with Crippen LogP contribution in [-0.2, 0) is 6.54 Å². The molecule has 1 N–H and O–H groups in total. The van der Waals surface area contributed by atoms with Gasteiger partial charge in [-0.15, -0.1) is 0 Å². The quantitative estimate of drug-likeness (QED) is 0.330. The highest BCUT2D eigenvalue weighted by atomic mass is 32.2. The zero-order chi connectivity index (χ0) is 22.8. The van der Waals surface area contributed by atoms with E-state index in [1.807, 2.05) is 30.3 Å². The summed E-state index contributed by atoms with van der Waals surface area (Å²) in [6.45, 7) is 2.39. The Morgan fingerprint density at radius 1 is 0.909 bits per heavy atom. The fourth-order valence-corrected chi connectivity index (χ4v) is 4.70. The van der Waals surface area contributed by atoms with Gasteiger partial charge in [-0.1, -0.05) is 71.9 Å². The molecule has 162 valence electrons. The fourth-order valence-electron chi connectivity index (χ4n) is 3.70. The number of amides is 1. The van der Waals surface area contributed by atoms with E-state index in [1.165, 1.54) is 17.7 Å². The molecule has 4 aromatic carbocycles. The number of carbonyl (C=O) groups is 1. The van der Waals surface area contributed by atoms with E-state index < -0.39 is 0 Å². The van der Waals surface area contributed by atoms with E-state index >= 15 is 0 Å². The fraction of sp³-hybridized carbons (Fsp3) is 0.0714. The van der Waals surface area contributed by atoms with Gasteiger partial charge in [0, 0.05) is 33.0 Å². The number of nitrogens with zero attached hydrogens (tertiary/aromatic N) is 1. The van der Waals surface area contributed by atoms with Crippen LogP contribution >= 0.6 is 11.8 Å². The van der Waals surface area contributed by atoms with Crippen LogP contribution in [0.5, 0.6) is 0 Å². The van der Waals surface area contributed by atoms with Gasteiger partial charge in [-0.3, -0.25) is 4.79 Å². The molecule has 1 amide bonds. The van der Waals surface area contributed by atoms with Gasteiger partial charge in [0.15, 0.2) is 0 Å². The van der Waals surface area contributed by atoms with E-state index in [4.69, 9.17) is 4.99 Å². The van der Waals surface area contributed by atoms with Crippen LogP contribution in [0.4, 0.5) is 10.1 Å². The average Bonchev–Trinajstić information content (AvgIpc) is 3.00. The first-order valence-corrected chi connectivity index (χ1v) is 11.5. The molecule has 0 aliphatic carbocycles. The van der Waals surface area contributed by atoms with Crippen molar-refractivity contribution in [3.8, 4) is 0 Å². The van der Waals surface area contributed by atoms with Crippen LogP contribution in [0.3, 0.4) is 0 Å². The molecule has 0 bridgehead atoms. The van der Waals surface area contributed by atoms with E-state index in [0.29, 0.717) is 12.1 Å². The molecule has 5 heteroatoms. The number of hydrogen-bond acceptors (Lipinski definition) is 3. The first-order valence-electron chi connectivity index (χ1n) is 10.7.